The van der Waals surface area contributed by atoms with Crippen LogP contribution in [0.3, 0.4) is 0 Å². The van der Waals surface area contributed by atoms with E-state index in [4.69, 9.17) is 4.74 Å². The molecule has 0 aliphatic heterocycles. The summed E-state index contributed by atoms with van der Waals surface area (Å²) in [6, 6.07) is 8.29. The number of anilines is 2. The molecule has 0 aliphatic carbocycles. The highest BCUT2D eigenvalue weighted by atomic mass is 16.5. The molecule has 2 N–H and O–H groups in total. The molecule has 2 rings (SSSR count). The van der Waals surface area contributed by atoms with Crippen LogP contribution < -0.4 is 10.6 Å². The normalized spacial score (nSPS) is 10.4. The third kappa shape index (κ3) is 5.54. The maximum atomic E-state index is 12.1. The minimum absolute atomic E-state index is 0.264. The second kappa shape index (κ2) is 8.74. The van der Waals surface area contributed by atoms with E-state index in [-0.39, 0.29) is 17.5 Å². The molecule has 25 heavy (non-hydrogen) atoms. The van der Waals surface area contributed by atoms with Crippen molar-refractivity contribution in [3.63, 3.8) is 0 Å². The lowest BCUT2D eigenvalue weighted by Gasteiger charge is -2.11. The van der Waals surface area contributed by atoms with Gasteiger partial charge in [0.2, 0.25) is 5.95 Å². The van der Waals surface area contributed by atoms with Gasteiger partial charge in [-0.2, -0.15) is 0 Å². The van der Waals surface area contributed by atoms with Gasteiger partial charge >= 0.3 is 5.97 Å². The summed E-state index contributed by atoms with van der Waals surface area (Å²) in [7, 11) is 5.19. The number of methoxy groups -OCH3 is 1. The quantitative estimate of drug-likeness (QED) is 0.731. The molecule has 132 valence electrons. The average molecular weight is 343 g/mol. The summed E-state index contributed by atoms with van der Waals surface area (Å²) in [5, 5.41) is 5.77. The van der Waals surface area contributed by atoms with Crippen molar-refractivity contribution in [1.82, 2.24) is 20.2 Å². The molecule has 0 fully saturated rings. The van der Waals surface area contributed by atoms with Crippen molar-refractivity contribution in [2.75, 3.05) is 39.6 Å². The zero-order chi connectivity index (χ0) is 18.2. The van der Waals surface area contributed by atoms with Crippen molar-refractivity contribution < 1.29 is 14.3 Å². The molecule has 1 aromatic carbocycles. The highest BCUT2D eigenvalue weighted by molar-refractivity contribution is 5.92. The number of ether oxygens (including phenoxy) is 1. The summed E-state index contributed by atoms with van der Waals surface area (Å²) < 4.78 is 4.69. The van der Waals surface area contributed by atoms with Crippen molar-refractivity contribution in [1.29, 1.82) is 0 Å². The molecule has 0 aliphatic rings. The Morgan fingerprint density at radius 1 is 1.24 bits per heavy atom. The summed E-state index contributed by atoms with van der Waals surface area (Å²) in [6.45, 7) is 1.27. The van der Waals surface area contributed by atoms with Crippen LogP contribution in [-0.4, -0.2) is 61.0 Å². The lowest BCUT2D eigenvalue weighted by molar-refractivity contribution is 0.0600. The van der Waals surface area contributed by atoms with Gasteiger partial charge in [0, 0.05) is 25.0 Å². The number of nitrogens with zero attached hydrogens (tertiary/aromatic N) is 3. The number of hydrogen-bond donors (Lipinski definition) is 2. The van der Waals surface area contributed by atoms with Gasteiger partial charge in [0.25, 0.3) is 5.91 Å². The van der Waals surface area contributed by atoms with Crippen LogP contribution in [0.25, 0.3) is 0 Å². The van der Waals surface area contributed by atoms with Gasteiger partial charge in [-0.25, -0.2) is 14.8 Å². The van der Waals surface area contributed by atoms with Crippen LogP contribution in [0.2, 0.25) is 0 Å². The Bertz CT molecular complexity index is 749. The van der Waals surface area contributed by atoms with Gasteiger partial charge in [0.15, 0.2) is 0 Å². The number of nitrogens with one attached hydrogen (secondary N) is 2. The van der Waals surface area contributed by atoms with Gasteiger partial charge in [0.1, 0.15) is 5.69 Å². The van der Waals surface area contributed by atoms with Crippen LogP contribution >= 0.6 is 0 Å². The Morgan fingerprint density at radius 2 is 2.04 bits per heavy atom. The van der Waals surface area contributed by atoms with Crippen molar-refractivity contribution >= 4 is 23.5 Å². The third-order valence-corrected chi connectivity index (χ3v) is 3.27. The molecular formula is C17H21N5O3. The first kappa shape index (κ1) is 18.3. The van der Waals surface area contributed by atoms with Crippen LogP contribution in [0.15, 0.2) is 36.5 Å². The Kier molecular flexibility index (Phi) is 6.41. The van der Waals surface area contributed by atoms with E-state index in [0.29, 0.717) is 17.8 Å². The molecule has 0 bridgehead atoms. The van der Waals surface area contributed by atoms with Crippen molar-refractivity contribution in [3.05, 3.63) is 47.8 Å². The van der Waals surface area contributed by atoms with E-state index >= 15 is 0 Å². The first-order chi connectivity index (χ1) is 12.0. The Morgan fingerprint density at radius 3 is 2.76 bits per heavy atom. The first-order valence-corrected chi connectivity index (χ1v) is 7.71. The second-order valence-electron chi connectivity index (χ2n) is 5.52. The van der Waals surface area contributed by atoms with Crippen molar-refractivity contribution in [2.45, 2.75) is 0 Å². The Hall–Kier alpha value is -3.00. The van der Waals surface area contributed by atoms with Gasteiger partial charge in [-0.1, -0.05) is 6.07 Å². The minimum Gasteiger partial charge on any atom is -0.465 e. The zero-order valence-electron chi connectivity index (χ0n) is 14.4. The number of likely N-dealkylation sites (N-methyl/N-ethyl adjacent to an activating group) is 1. The predicted molar refractivity (Wildman–Crippen MR) is 94.0 cm³/mol. The summed E-state index contributed by atoms with van der Waals surface area (Å²) in [5.41, 5.74) is 1.29. The molecule has 1 heterocycles. The number of aromatic nitrogens is 2. The molecule has 2 aromatic rings. The molecule has 1 amide bonds. The maximum absolute atomic E-state index is 12.1. The van der Waals surface area contributed by atoms with Gasteiger partial charge < -0.3 is 20.3 Å². The highest BCUT2D eigenvalue weighted by Gasteiger charge is 2.10. The van der Waals surface area contributed by atoms with Crippen LogP contribution in [-0.2, 0) is 4.74 Å². The SMILES string of the molecule is COC(=O)c1cccc(Nc2nccc(C(=O)NCCN(C)C)n2)c1. The van der Waals surface area contributed by atoms with Gasteiger partial charge in [0.05, 0.1) is 12.7 Å². The maximum Gasteiger partial charge on any atom is 0.337 e. The molecule has 0 spiro atoms. The predicted octanol–water partition coefficient (Wildman–Crippen LogP) is 1.30. The number of rotatable bonds is 7. The number of hydrogen-bond acceptors (Lipinski definition) is 7. The molecule has 0 saturated carbocycles. The molecule has 0 saturated heterocycles. The Balaban J connectivity index is 2.06. The van der Waals surface area contributed by atoms with E-state index in [0.717, 1.165) is 6.54 Å². The lowest BCUT2D eigenvalue weighted by Crippen LogP contribution is -2.31. The van der Waals surface area contributed by atoms with Gasteiger partial charge in [-0.3, -0.25) is 4.79 Å². The topological polar surface area (TPSA) is 96.4 Å². The zero-order valence-corrected chi connectivity index (χ0v) is 14.4. The van der Waals surface area contributed by atoms with Crippen molar-refractivity contribution in [3.8, 4) is 0 Å². The van der Waals surface area contributed by atoms with E-state index < -0.39 is 5.97 Å². The summed E-state index contributed by atoms with van der Waals surface area (Å²) in [4.78, 5) is 33.9. The van der Waals surface area contributed by atoms with Crippen LogP contribution in [0.4, 0.5) is 11.6 Å². The lowest BCUT2D eigenvalue weighted by atomic mass is 10.2. The summed E-state index contributed by atoms with van der Waals surface area (Å²) in [6.07, 6.45) is 1.50. The second-order valence-corrected chi connectivity index (χ2v) is 5.52. The highest BCUT2D eigenvalue weighted by Crippen LogP contribution is 2.15. The van der Waals surface area contributed by atoms with Crippen LogP contribution in [0, 0.1) is 0 Å². The van der Waals surface area contributed by atoms with E-state index in [2.05, 4.69) is 20.6 Å². The Labute approximate surface area is 146 Å². The number of amides is 1. The number of carbonyl (C=O) groups is 2. The molecule has 0 unspecified atom stereocenters. The van der Waals surface area contributed by atoms with E-state index in [1.165, 1.54) is 13.3 Å². The smallest absolute Gasteiger partial charge is 0.337 e. The van der Waals surface area contributed by atoms with Gasteiger partial charge in [-0.15, -0.1) is 0 Å². The summed E-state index contributed by atoms with van der Waals surface area (Å²) >= 11 is 0. The summed E-state index contributed by atoms with van der Waals surface area (Å²) in [5.74, 6) is -0.434. The van der Waals surface area contributed by atoms with Crippen LogP contribution in [0.1, 0.15) is 20.8 Å². The average Bonchev–Trinajstić information content (AvgIpc) is 2.61. The van der Waals surface area contributed by atoms with Crippen LogP contribution in [0.5, 0.6) is 0 Å². The monoisotopic (exact) mass is 343 g/mol. The molecule has 8 nitrogen and oxygen atoms in total. The fourth-order valence-electron chi connectivity index (χ4n) is 2.00. The third-order valence-electron chi connectivity index (χ3n) is 3.27. The largest absolute Gasteiger partial charge is 0.465 e. The molecular weight excluding hydrogens is 322 g/mol. The fourth-order valence-corrected chi connectivity index (χ4v) is 2.00. The number of benzene rings is 1. The standard InChI is InChI=1S/C17H21N5O3/c1-22(2)10-9-18-15(23)14-7-8-19-17(21-14)20-13-6-4-5-12(11-13)16(24)25-3/h4-8,11H,9-10H2,1-3H3,(H,18,23)(H,19,20,21). The van der Waals surface area contributed by atoms with E-state index in [9.17, 15) is 9.59 Å². The fraction of sp³-hybridized carbons (Fsp3) is 0.294. The molecule has 0 atom stereocenters. The number of esters is 1. The van der Waals surface area contributed by atoms with E-state index in [1.807, 2.05) is 19.0 Å². The first-order valence-electron chi connectivity index (χ1n) is 7.71. The van der Waals surface area contributed by atoms with Crippen molar-refractivity contribution in [2.24, 2.45) is 0 Å². The molecule has 8 heteroatoms. The molecule has 0 radical (unpaired) electrons. The van der Waals surface area contributed by atoms with E-state index in [1.54, 1.807) is 30.3 Å². The van der Waals surface area contributed by atoms with Gasteiger partial charge in [-0.05, 0) is 38.4 Å². The molecule has 1 aromatic heterocycles. The number of carbonyl (C=O) groups excluding carboxylic acids is 2. The minimum atomic E-state index is -0.432.